The second kappa shape index (κ2) is 9.38. The molecule has 0 aliphatic heterocycles. The van der Waals surface area contributed by atoms with Crippen molar-refractivity contribution in [1.29, 1.82) is 0 Å². The molecule has 0 spiro atoms. The van der Waals surface area contributed by atoms with Gasteiger partial charge in [0.25, 0.3) is 0 Å². The van der Waals surface area contributed by atoms with Crippen molar-refractivity contribution in [2.24, 2.45) is 5.92 Å². The summed E-state index contributed by atoms with van der Waals surface area (Å²) in [5.41, 5.74) is 1.24. The molecule has 0 saturated heterocycles. The number of carbonyl (C=O) groups is 2. The standard InChI is InChI=1S/C22H31N3O5/c1-8-29-21(28)19(30-22(5,6)7)18-14(4)23-17-12-15(20(26)27)24-25(17)16(18)11-9-10-13(2)3/h9,11-13,19H,8,10H2,1-7H3,(H,26,27)/b11-9+. The molecule has 2 rings (SSSR count). The molecule has 8 nitrogen and oxygen atoms in total. The number of nitrogens with zero attached hydrogens (tertiary/aromatic N) is 3. The van der Waals surface area contributed by atoms with Crippen molar-refractivity contribution in [3.05, 3.63) is 34.8 Å². The number of aryl methyl sites for hydroxylation is 1. The van der Waals surface area contributed by atoms with Gasteiger partial charge in [0.1, 0.15) is 0 Å². The van der Waals surface area contributed by atoms with Crippen LogP contribution in [0.15, 0.2) is 12.1 Å². The topological polar surface area (TPSA) is 103 Å². The van der Waals surface area contributed by atoms with Gasteiger partial charge >= 0.3 is 11.9 Å². The molecule has 0 bridgehead atoms. The molecule has 0 fully saturated rings. The molecule has 0 amide bonds. The molecule has 164 valence electrons. The van der Waals surface area contributed by atoms with Crippen LogP contribution in [0.3, 0.4) is 0 Å². The van der Waals surface area contributed by atoms with Gasteiger partial charge in [-0.2, -0.15) is 5.10 Å². The van der Waals surface area contributed by atoms with Crippen molar-refractivity contribution in [2.45, 2.75) is 66.6 Å². The van der Waals surface area contributed by atoms with Crippen molar-refractivity contribution in [2.75, 3.05) is 6.61 Å². The number of hydrogen-bond acceptors (Lipinski definition) is 6. The Kier molecular flexibility index (Phi) is 7.36. The summed E-state index contributed by atoms with van der Waals surface area (Å²) in [4.78, 5) is 28.8. The maximum atomic E-state index is 12.8. The lowest BCUT2D eigenvalue weighted by molar-refractivity contribution is -0.167. The highest BCUT2D eigenvalue weighted by Crippen LogP contribution is 2.31. The molecule has 30 heavy (non-hydrogen) atoms. The minimum Gasteiger partial charge on any atom is -0.476 e. The van der Waals surface area contributed by atoms with Gasteiger partial charge in [-0.25, -0.2) is 19.1 Å². The van der Waals surface area contributed by atoms with E-state index in [4.69, 9.17) is 9.47 Å². The predicted octanol–water partition coefficient (Wildman–Crippen LogP) is 4.21. The van der Waals surface area contributed by atoms with Gasteiger partial charge in [-0.1, -0.05) is 19.9 Å². The Morgan fingerprint density at radius 1 is 1.30 bits per heavy atom. The first-order valence-electron chi connectivity index (χ1n) is 10.1. The summed E-state index contributed by atoms with van der Waals surface area (Å²) in [5, 5.41) is 13.6. The lowest BCUT2D eigenvalue weighted by Gasteiger charge is -2.28. The Morgan fingerprint density at radius 3 is 2.50 bits per heavy atom. The summed E-state index contributed by atoms with van der Waals surface area (Å²) < 4.78 is 12.8. The third-order valence-electron chi connectivity index (χ3n) is 4.20. The molecule has 0 saturated carbocycles. The van der Waals surface area contributed by atoms with Crippen molar-refractivity contribution < 1.29 is 24.2 Å². The molecule has 0 aromatic carbocycles. The Morgan fingerprint density at radius 2 is 1.97 bits per heavy atom. The molecule has 1 atom stereocenters. The van der Waals surface area contributed by atoms with E-state index in [1.54, 1.807) is 13.8 Å². The molecule has 0 aliphatic rings. The van der Waals surface area contributed by atoms with Crippen LogP contribution < -0.4 is 0 Å². The Labute approximate surface area is 176 Å². The molecule has 2 aromatic heterocycles. The van der Waals surface area contributed by atoms with Crippen molar-refractivity contribution in [3.63, 3.8) is 0 Å². The largest absolute Gasteiger partial charge is 0.476 e. The van der Waals surface area contributed by atoms with Crippen LogP contribution in [-0.2, 0) is 14.3 Å². The Balaban J connectivity index is 2.78. The van der Waals surface area contributed by atoms with Crippen LogP contribution in [0.25, 0.3) is 11.7 Å². The number of hydrogen-bond donors (Lipinski definition) is 1. The number of carbonyl (C=O) groups excluding carboxylic acids is 1. The van der Waals surface area contributed by atoms with Crippen LogP contribution in [0.1, 0.15) is 81.5 Å². The molecule has 1 unspecified atom stereocenters. The molecular weight excluding hydrogens is 386 g/mol. The third kappa shape index (κ3) is 5.66. The third-order valence-corrected chi connectivity index (χ3v) is 4.20. The van der Waals surface area contributed by atoms with Gasteiger partial charge in [0.2, 0.25) is 0 Å². The fourth-order valence-electron chi connectivity index (χ4n) is 3.00. The summed E-state index contributed by atoms with van der Waals surface area (Å²) in [7, 11) is 0. The average Bonchev–Trinajstić information content (AvgIpc) is 3.03. The van der Waals surface area contributed by atoms with Crippen LogP contribution in [0, 0.1) is 12.8 Å². The van der Waals surface area contributed by atoms with Crippen molar-refractivity contribution >= 4 is 23.7 Å². The van der Waals surface area contributed by atoms with Crippen LogP contribution in [0.5, 0.6) is 0 Å². The first kappa shape index (κ1) is 23.5. The van der Waals surface area contributed by atoms with Gasteiger partial charge in [0.15, 0.2) is 17.4 Å². The van der Waals surface area contributed by atoms with Crippen molar-refractivity contribution in [1.82, 2.24) is 14.6 Å². The highest BCUT2D eigenvalue weighted by atomic mass is 16.6. The van der Waals surface area contributed by atoms with Gasteiger partial charge in [0.05, 0.1) is 17.9 Å². The highest BCUT2D eigenvalue weighted by molar-refractivity contribution is 5.87. The number of esters is 1. The van der Waals surface area contributed by atoms with Gasteiger partial charge in [-0.3, -0.25) is 0 Å². The van der Waals surface area contributed by atoms with E-state index in [-0.39, 0.29) is 12.3 Å². The zero-order valence-electron chi connectivity index (χ0n) is 18.7. The van der Waals surface area contributed by atoms with Gasteiger partial charge in [-0.05, 0) is 53.0 Å². The van der Waals surface area contributed by atoms with Crippen LogP contribution in [-0.4, -0.2) is 43.9 Å². The van der Waals surface area contributed by atoms with Crippen molar-refractivity contribution in [3.8, 4) is 0 Å². The average molecular weight is 418 g/mol. The number of rotatable bonds is 8. The van der Waals surface area contributed by atoms with Gasteiger partial charge < -0.3 is 14.6 Å². The van der Waals surface area contributed by atoms with Gasteiger partial charge in [-0.15, -0.1) is 0 Å². The lowest BCUT2D eigenvalue weighted by atomic mass is 10.0. The molecule has 1 N–H and O–H groups in total. The summed E-state index contributed by atoms with van der Waals surface area (Å²) >= 11 is 0. The normalized spacial score (nSPS) is 13.3. The minimum atomic E-state index is -1.15. The van der Waals surface area contributed by atoms with Gasteiger partial charge in [0, 0.05) is 17.3 Å². The predicted molar refractivity (Wildman–Crippen MR) is 113 cm³/mol. The number of allylic oxidation sites excluding steroid dienone is 1. The SMILES string of the molecule is CCOC(=O)C(OC(C)(C)C)c1c(C)nc2cc(C(=O)O)nn2c1/C=C/CC(C)C. The number of ether oxygens (including phenoxy) is 2. The number of carboxylic acids is 1. The van der Waals surface area contributed by atoms with E-state index in [1.165, 1.54) is 10.6 Å². The molecule has 2 aromatic rings. The zero-order chi connectivity index (χ0) is 22.6. The molecule has 2 heterocycles. The fraction of sp³-hybridized carbons (Fsp3) is 0.545. The number of carboxylic acid groups (broad SMARTS) is 1. The summed E-state index contributed by atoms with van der Waals surface area (Å²) in [6.45, 7) is 13.5. The summed E-state index contributed by atoms with van der Waals surface area (Å²) in [5.74, 6) is -1.24. The van der Waals surface area contributed by atoms with E-state index in [0.29, 0.717) is 28.5 Å². The lowest BCUT2D eigenvalue weighted by Crippen LogP contribution is -2.30. The van der Waals surface area contributed by atoms with E-state index in [0.717, 1.165) is 6.42 Å². The van der Waals surface area contributed by atoms with Crippen LogP contribution >= 0.6 is 0 Å². The second-order valence-electron chi connectivity index (χ2n) is 8.50. The highest BCUT2D eigenvalue weighted by Gasteiger charge is 2.33. The smallest absolute Gasteiger partial charge is 0.356 e. The zero-order valence-corrected chi connectivity index (χ0v) is 18.7. The molecule has 8 heteroatoms. The number of aromatic carboxylic acids is 1. The first-order valence-corrected chi connectivity index (χ1v) is 10.1. The molecule has 0 radical (unpaired) electrons. The quantitative estimate of drug-likeness (QED) is 0.642. The summed E-state index contributed by atoms with van der Waals surface area (Å²) in [6, 6.07) is 1.41. The maximum absolute atomic E-state index is 12.8. The van der Waals surface area contributed by atoms with E-state index in [1.807, 2.05) is 32.9 Å². The Bertz CT molecular complexity index is 954. The van der Waals surface area contributed by atoms with Crippen LogP contribution in [0.2, 0.25) is 0 Å². The fourth-order valence-corrected chi connectivity index (χ4v) is 3.00. The van der Waals surface area contributed by atoms with E-state index < -0.39 is 23.6 Å². The van der Waals surface area contributed by atoms with Crippen LogP contribution in [0.4, 0.5) is 0 Å². The van der Waals surface area contributed by atoms with E-state index in [9.17, 15) is 14.7 Å². The minimum absolute atomic E-state index is 0.123. The second-order valence-corrected chi connectivity index (χ2v) is 8.50. The maximum Gasteiger partial charge on any atom is 0.356 e. The number of aromatic nitrogens is 3. The Hall–Kier alpha value is -2.74. The molecule has 0 aliphatic carbocycles. The first-order chi connectivity index (χ1) is 13.9. The molecular formula is C22H31N3O5. The van der Waals surface area contributed by atoms with E-state index in [2.05, 4.69) is 23.9 Å². The number of fused-ring (bicyclic) bond motifs is 1. The van der Waals surface area contributed by atoms with E-state index >= 15 is 0 Å². The summed E-state index contributed by atoms with van der Waals surface area (Å²) in [6.07, 6.45) is 3.59. The monoisotopic (exact) mass is 417 g/mol.